The standard InChI is InChI=1S/C17H23NOS/c1-4-16(17-6-5-11-20-17)18-13(2)12-14-7-9-15(19-3)10-8-14/h5-11,13,16,18H,4,12H2,1-3H3. The number of nitrogens with one attached hydrogen (secondary N) is 1. The molecule has 1 aromatic carbocycles. The molecule has 0 saturated heterocycles. The summed E-state index contributed by atoms with van der Waals surface area (Å²) < 4.78 is 5.19. The quantitative estimate of drug-likeness (QED) is 0.814. The van der Waals surface area contributed by atoms with Crippen LogP contribution in [0.5, 0.6) is 5.75 Å². The molecule has 0 aliphatic heterocycles. The molecular weight excluding hydrogens is 266 g/mol. The van der Waals surface area contributed by atoms with Gasteiger partial charge in [-0.15, -0.1) is 11.3 Å². The van der Waals surface area contributed by atoms with Crippen molar-refractivity contribution in [1.82, 2.24) is 5.32 Å². The monoisotopic (exact) mass is 289 g/mol. The summed E-state index contributed by atoms with van der Waals surface area (Å²) in [6.07, 6.45) is 2.15. The molecule has 108 valence electrons. The fourth-order valence-electron chi connectivity index (χ4n) is 2.41. The highest BCUT2D eigenvalue weighted by Crippen LogP contribution is 2.22. The van der Waals surface area contributed by atoms with Crippen LogP contribution < -0.4 is 10.1 Å². The molecule has 2 rings (SSSR count). The van der Waals surface area contributed by atoms with Crippen LogP contribution in [0, 0.1) is 0 Å². The van der Waals surface area contributed by atoms with Gasteiger partial charge in [-0.05, 0) is 48.9 Å². The number of thiophene rings is 1. The molecule has 0 amide bonds. The molecule has 2 unspecified atom stereocenters. The summed E-state index contributed by atoms with van der Waals surface area (Å²) in [6, 6.07) is 13.6. The van der Waals surface area contributed by atoms with E-state index in [-0.39, 0.29) is 0 Å². The third kappa shape index (κ3) is 4.09. The minimum atomic E-state index is 0.454. The third-order valence-electron chi connectivity index (χ3n) is 3.48. The van der Waals surface area contributed by atoms with E-state index in [2.05, 4.69) is 48.8 Å². The summed E-state index contributed by atoms with van der Waals surface area (Å²) in [5, 5.41) is 5.87. The van der Waals surface area contributed by atoms with E-state index in [1.807, 2.05) is 23.5 Å². The van der Waals surface area contributed by atoms with Crippen LogP contribution in [0.15, 0.2) is 41.8 Å². The largest absolute Gasteiger partial charge is 0.497 e. The molecule has 0 aliphatic carbocycles. The van der Waals surface area contributed by atoms with Crippen molar-refractivity contribution >= 4 is 11.3 Å². The highest BCUT2D eigenvalue weighted by atomic mass is 32.1. The van der Waals surface area contributed by atoms with Crippen LogP contribution in [0.4, 0.5) is 0 Å². The first-order valence-electron chi connectivity index (χ1n) is 7.15. The van der Waals surface area contributed by atoms with Crippen molar-refractivity contribution in [1.29, 1.82) is 0 Å². The van der Waals surface area contributed by atoms with Gasteiger partial charge in [0, 0.05) is 17.0 Å². The van der Waals surface area contributed by atoms with Crippen LogP contribution in [0.25, 0.3) is 0 Å². The Hall–Kier alpha value is -1.32. The second-order valence-electron chi connectivity index (χ2n) is 5.10. The zero-order valence-corrected chi connectivity index (χ0v) is 13.2. The minimum Gasteiger partial charge on any atom is -0.497 e. The first kappa shape index (κ1) is 15.1. The van der Waals surface area contributed by atoms with Crippen molar-refractivity contribution < 1.29 is 4.74 Å². The Labute approximate surface area is 125 Å². The fourth-order valence-corrected chi connectivity index (χ4v) is 3.28. The summed E-state index contributed by atoms with van der Waals surface area (Å²) in [7, 11) is 1.70. The van der Waals surface area contributed by atoms with Crippen molar-refractivity contribution in [3.05, 3.63) is 52.2 Å². The zero-order valence-electron chi connectivity index (χ0n) is 12.4. The SMILES string of the molecule is CCC(NC(C)Cc1ccc(OC)cc1)c1cccs1. The van der Waals surface area contributed by atoms with Crippen molar-refractivity contribution in [3.63, 3.8) is 0 Å². The highest BCUT2D eigenvalue weighted by molar-refractivity contribution is 7.10. The Morgan fingerprint density at radius 1 is 1.20 bits per heavy atom. The Bertz CT molecular complexity index is 492. The van der Waals surface area contributed by atoms with Crippen LogP contribution in [-0.4, -0.2) is 13.2 Å². The normalized spacial score (nSPS) is 13.9. The Balaban J connectivity index is 1.92. The van der Waals surface area contributed by atoms with Crippen LogP contribution in [0.2, 0.25) is 0 Å². The molecule has 0 fully saturated rings. The van der Waals surface area contributed by atoms with Gasteiger partial charge in [0.25, 0.3) is 0 Å². The van der Waals surface area contributed by atoms with Crippen LogP contribution in [0.1, 0.15) is 36.8 Å². The van der Waals surface area contributed by atoms with Gasteiger partial charge in [-0.3, -0.25) is 0 Å². The van der Waals surface area contributed by atoms with Gasteiger partial charge >= 0.3 is 0 Å². The van der Waals surface area contributed by atoms with Gasteiger partial charge in [0.1, 0.15) is 5.75 Å². The number of rotatable bonds is 7. The van der Waals surface area contributed by atoms with E-state index in [1.165, 1.54) is 10.4 Å². The summed E-state index contributed by atoms with van der Waals surface area (Å²) in [5.41, 5.74) is 1.34. The number of hydrogen-bond acceptors (Lipinski definition) is 3. The first-order valence-corrected chi connectivity index (χ1v) is 8.03. The lowest BCUT2D eigenvalue weighted by Gasteiger charge is -2.21. The van der Waals surface area contributed by atoms with Crippen LogP contribution >= 0.6 is 11.3 Å². The fraction of sp³-hybridized carbons (Fsp3) is 0.412. The number of ether oxygens (including phenoxy) is 1. The summed E-state index contributed by atoms with van der Waals surface area (Å²) >= 11 is 1.83. The van der Waals surface area contributed by atoms with E-state index in [4.69, 9.17) is 4.74 Å². The van der Waals surface area contributed by atoms with E-state index >= 15 is 0 Å². The first-order chi connectivity index (χ1) is 9.72. The summed E-state index contributed by atoms with van der Waals surface area (Å²) in [5.74, 6) is 0.916. The van der Waals surface area contributed by atoms with Gasteiger partial charge in [-0.1, -0.05) is 25.1 Å². The van der Waals surface area contributed by atoms with Crippen LogP contribution in [0.3, 0.4) is 0 Å². The maximum atomic E-state index is 5.19. The average Bonchev–Trinajstić information content (AvgIpc) is 2.99. The van der Waals surface area contributed by atoms with E-state index in [0.29, 0.717) is 12.1 Å². The van der Waals surface area contributed by atoms with Gasteiger partial charge in [0.15, 0.2) is 0 Å². The summed E-state index contributed by atoms with van der Waals surface area (Å²) in [6.45, 7) is 4.48. The lowest BCUT2D eigenvalue weighted by molar-refractivity contribution is 0.414. The minimum absolute atomic E-state index is 0.454. The lowest BCUT2D eigenvalue weighted by Crippen LogP contribution is -2.31. The van der Waals surface area contributed by atoms with Gasteiger partial charge in [-0.2, -0.15) is 0 Å². The van der Waals surface area contributed by atoms with E-state index in [0.717, 1.165) is 18.6 Å². The van der Waals surface area contributed by atoms with Crippen molar-refractivity contribution in [2.45, 2.75) is 38.8 Å². The summed E-state index contributed by atoms with van der Waals surface area (Å²) in [4.78, 5) is 1.43. The topological polar surface area (TPSA) is 21.3 Å². The predicted octanol–water partition coefficient (Wildman–Crippen LogP) is 4.43. The number of hydrogen-bond donors (Lipinski definition) is 1. The van der Waals surface area contributed by atoms with E-state index in [9.17, 15) is 0 Å². The van der Waals surface area contributed by atoms with Crippen molar-refractivity contribution in [2.24, 2.45) is 0 Å². The Kier molecular flexibility index (Phi) is 5.62. The number of benzene rings is 1. The predicted molar refractivity (Wildman–Crippen MR) is 86.6 cm³/mol. The van der Waals surface area contributed by atoms with Crippen molar-refractivity contribution in [3.8, 4) is 5.75 Å². The molecule has 20 heavy (non-hydrogen) atoms. The van der Waals surface area contributed by atoms with Crippen LogP contribution in [-0.2, 0) is 6.42 Å². The molecule has 2 aromatic rings. The molecule has 1 heterocycles. The number of methoxy groups -OCH3 is 1. The second-order valence-corrected chi connectivity index (χ2v) is 6.08. The lowest BCUT2D eigenvalue weighted by atomic mass is 10.1. The molecule has 2 atom stereocenters. The molecule has 0 bridgehead atoms. The van der Waals surface area contributed by atoms with E-state index < -0.39 is 0 Å². The molecule has 0 saturated carbocycles. The Morgan fingerprint density at radius 3 is 2.50 bits per heavy atom. The highest BCUT2D eigenvalue weighted by Gasteiger charge is 2.13. The molecule has 3 heteroatoms. The molecule has 1 aromatic heterocycles. The smallest absolute Gasteiger partial charge is 0.118 e. The van der Waals surface area contributed by atoms with Gasteiger partial charge in [0.2, 0.25) is 0 Å². The van der Waals surface area contributed by atoms with Gasteiger partial charge in [-0.25, -0.2) is 0 Å². The average molecular weight is 289 g/mol. The molecule has 0 radical (unpaired) electrons. The maximum absolute atomic E-state index is 5.19. The molecular formula is C17H23NOS. The van der Waals surface area contributed by atoms with Gasteiger partial charge in [0.05, 0.1) is 7.11 Å². The molecule has 1 N–H and O–H groups in total. The molecule has 2 nitrogen and oxygen atoms in total. The molecule has 0 aliphatic rings. The maximum Gasteiger partial charge on any atom is 0.118 e. The van der Waals surface area contributed by atoms with Gasteiger partial charge < -0.3 is 10.1 Å². The third-order valence-corrected chi connectivity index (χ3v) is 4.47. The Morgan fingerprint density at radius 2 is 1.95 bits per heavy atom. The zero-order chi connectivity index (χ0) is 14.4. The molecule has 0 spiro atoms. The van der Waals surface area contributed by atoms with E-state index in [1.54, 1.807) is 7.11 Å². The van der Waals surface area contributed by atoms with Crippen molar-refractivity contribution in [2.75, 3.05) is 7.11 Å². The second kappa shape index (κ2) is 7.46.